The quantitative estimate of drug-likeness (QED) is 0.773. The molecule has 2 amide bonds. The molecule has 1 unspecified atom stereocenters. The monoisotopic (exact) mass is 423 g/mol. The lowest BCUT2D eigenvalue weighted by atomic mass is 10.0. The van der Waals surface area contributed by atoms with Crippen LogP contribution in [0.15, 0.2) is 42.5 Å². The van der Waals surface area contributed by atoms with Gasteiger partial charge in [-0.05, 0) is 47.9 Å². The Balaban J connectivity index is 1.47. The highest BCUT2D eigenvalue weighted by molar-refractivity contribution is 5.97. The first-order chi connectivity index (χ1) is 15.1. The van der Waals surface area contributed by atoms with Gasteiger partial charge in [-0.1, -0.05) is 12.1 Å². The standard InChI is InChI=1S/C24H29N3O4/c1-17(28)27-10-9-19-15-20(5-8-22(19)27)24(29)25-16-23(26-11-13-31-14-12-26)18-3-6-21(30-2)7-4-18/h3-8,15,23H,9-14,16H2,1-2H3,(H,25,29). The molecule has 1 atom stereocenters. The molecule has 2 aromatic carbocycles. The van der Waals surface area contributed by atoms with Crippen molar-refractivity contribution in [2.45, 2.75) is 19.4 Å². The number of ether oxygens (including phenoxy) is 2. The maximum atomic E-state index is 12.9. The number of rotatable bonds is 6. The summed E-state index contributed by atoms with van der Waals surface area (Å²) in [6, 6.07) is 13.6. The van der Waals surface area contributed by atoms with Gasteiger partial charge < -0.3 is 19.7 Å². The number of morpholine rings is 1. The third kappa shape index (κ3) is 4.73. The summed E-state index contributed by atoms with van der Waals surface area (Å²) < 4.78 is 10.8. The zero-order chi connectivity index (χ0) is 21.8. The number of nitrogens with one attached hydrogen (secondary N) is 1. The van der Waals surface area contributed by atoms with Crippen LogP contribution in [0.1, 0.15) is 34.5 Å². The zero-order valence-electron chi connectivity index (χ0n) is 18.1. The smallest absolute Gasteiger partial charge is 0.251 e. The molecular weight excluding hydrogens is 394 g/mol. The average Bonchev–Trinajstić information content (AvgIpc) is 3.24. The number of carbonyl (C=O) groups is 2. The van der Waals surface area contributed by atoms with E-state index in [2.05, 4.69) is 22.3 Å². The Kier molecular flexibility index (Phi) is 6.53. The van der Waals surface area contributed by atoms with Crippen molar-refractivity contribution in [2.75, 3.05) is 51.4 Å². The van der Waals surface area contributed by atoms with Crippen LogP contribution in [0.25, 0.3) is 0 Å². The third-order valence-corrected chi connectivity index (χ3v) is 6.06. The van der Waals surface area contributed by atoms with E-state index in [1.807, 2.05) is 24.3 Å². The van der Waals surface area contributed by atoms with Crippen LogP contribution in [0.5, 0.6) is 5.75 Å². The summed E-state index contributed by atoms with van der Waals surface area (Å²) in [6.45, 7) is 5.78. The molecule has 2 aliphatic rings. The van der Waals surface area contributed by atoms with Crippen molar-refractivity contribution in [3.05, 3.63) is 59.2 Å². The molecular formula is C24H29N3O4. The SMILES string of the molecule is COc1ccc(C(CNC(=O)c2ccc3c(c2)CCN3C(C)=O)N2CCOCC2)cc1. The minimum Gasteiger partial charge on any atom is -0.497 e. The van der Waals surface area contributed by atoms with Crippen LogP contribution in [0.3, 0.4) is 0 Å². The fourth-order valence-corrected chi connectivity index (χ4v) is 4.33. The normalized spacial score (nSPS) is 17.2. The topological polar surface area (TPSA) is 71.1 Å². The second-order valence-electron chi connectivity index (χ2n) is 7.91. The summed E-state index contributed by atoms with van der Waals surface area (Å²) in [4.78, 5) is 28.8. The van der Waals surface area contributed by atoms with Crippen LogP contribution in [0.2, 0.25) is 0 Å². The molecule has 0 radical (unpaired) electrons. The van der Waals surface area contributed by atoms with E-state index in [0.29, 0.717) is 31.9 Å². The molecule has 2 heterocycles. The molecule has 2 aromatic rings. The van der Waals surface area contributed by atoms with Crippen molar-refractivity contribution in [3.63, 3.8) is 0 Å². The number of hydrogen-bond acceptors (Lipinski definition) is 5. The molecule has 1 saturated heterocycles. The van der Waals surface area contributed by atoms with Crippen molar-refractivity contribution in [3.8, 4) is 5.75 Å². The van der Waals surface area contributed by atoms with E-state index in [1.54, 1.807) is 25.0 Å². The second kappa shape index (κ2) is 9.49. The first-order valence-corrected chi connectivity index (χ1v) is 10.7. The van der Waals surface area contributed by atoms with Gasteiger partial charge in [0, 0.05) is 44.4 Å². The average molecular weight is 424 g/mol. The molecule has 7 heteroatoms. The van der Waals surface area contributed by atoms with Crippen LogP contribution < -0.4 is 15.0 Å². The number of hydrogen-bond donors (Lipinski definition) is 1. The van der Waals surface area contributed by atoms with Crippen LogP contribution in [-0.4, -0.2) is 63.2 Å². The van der Waals surface area contributed by atoms with Gasteiger partial charge in [0.2, 0.25) is 5.91 Å². The summed E-state index contributed by atoms with van der Waals surface area (Å²) in [5.74, 6) is 0.742. The number of anilines is 1. The summed E-state index contributed by atoms with van der Waals surface area (Å²) in [6.07, 6.45) is 0.776. The molecule has 0 aromatic heterocycles. The fourth-order valence-electron chi connectivity index (χ4n) is 4.33. The van der Waals surface area contributed by atoms with Gasteiger partial charge in [-0.2, -0.15) is 0 Å². The highest BCUT2D eigenvalue weighted by Gasteiger charge is 2.25. The summed E-state index contributed by atoms with van der Waals surface area (Å²) in [5, 5.41) is 3.12. The maximum absolute atomic E-state index is 12.9. The van der Waals surface area contributed by atoms with Crippen LogP contribution in [-0.2, 0) is 16.0 Å². The minimum absolute atomic E-state index is 0.0313. The second-order valence-corrected chi connectivity index (χ2v) is 7.91. The first-order valence-electron chi connectivity index (χ1n) is 10.7. The van der Waals surface area contributed by atoms with Gasteiger partial charge in [0.1, 0.15) is 5.75 Å². The molecule has 7 nitrogen and oxygen atoms in total. The van der Waals surface area contributed by atoms with Gasteiger partial charge in [0.05, 0.1) is 26.4 Å². The molecule has 1 N–H and O–H groups in total. The van der Waals surface area contributed by atoms with Gasteiger partial charge in [0.25, 0.3) is 5.91 Å². The Labute approximate surface area is 182 Å². The van der Waals surface area contributed by atoms with Gasteiger partial charge in [-0.15, -0.1) is 0 Å². The van der Waals surface area contributed by atoms with Crippen molar-refractivity contribution in [1.29, 1.82) is 0 Å². The molecule has 0 aliphatic carbocycles. The molecule has 0 spiro atoms. The lowest BCUT2D eigenvalue weighted by Gasteiger charge is -2.35. The van der Waals surface area contributed by atoms with Gasteiger partial charge in [0.15, 0.2) is 0 Å². The van der Waals surface area contributed by atoms with E-state index in [9.17, 15) is 9.59 Å². The van der Waals surface area contributed by atoms with Crippen LogP contribution in [0.4, 0.5) is 5.69 Å². The lowest BCUT2D eigenvalue weighted by Crippen LogP contribution is -2.43. The summed E-state index contributed by atoms with van der Waals surface area (Å²) in [5.41, 5.74) is 3.71. The first kappa shape index (κ1) is 21.3. The Hall–Kier alpha value is -2.90. The Morgan fingerprint density at radius 1 is 1.10 bits per heavy atom. The molecule has 2 aliphatic heterocycles. The summed E-state index contributed by atoms with van der Waals surface area (Å²) in [7, 11) is 1.65. The number of carbonyl (C=O) groups excluding carboxylic acids is 2. The fraction of sp³-hybridized carbons (Fsp3) is 0.417. The van der Waals surface area contributed by atoms with Crippen molar-refractivity contribution in [1.82, 2.24) is 10.2 Å². The largest absolute Gasteiger partial charge is 0.497 e. The highest BCUT2D eigenvalue weighted by atomic mass is 16.5. The van der Waals surface area contributed by atoms with E-state index < -0.39 is 0 Å². The minimum atomic E-state index is -0.101. The van der Waals surface area contributed by atoms with Gasteiger partial charge >= 0.3 is 0 Å². The van der Waals surface area contributed by atoms with Crippen molar-refractivity contribution in [2.24, 2.45) is 0 Å². The van der Waals surface area contributed by atoms with E-state index >= 15 is 0 Å². The highest BCUT2D eigenvalue weighted by Crippen LogP contribution is 2.29. The number of nitrogens with zero attached hydrogens (tertiary/aromatic N) is 2. The molecule has 0 bridgehead atoms. The van der Waals surface area contributed by atoms with Gasteiger partial charge in [-0.3, -0.25) is 14.5 Å². The predicted molar refractivity (Wildman–Crippen MR) is 119 cm³/mol. The van der Waals surface area contributed by atoms with E-state index in [1.165, 1.54) is 0 Å². The number of amides is 2. The third-order valence-electron chi connectivity index (χ3n) is 6.06. The van der Waals surface area contributed by atoms with Crippen LogP contribution in [0, 0.1) is 0 Å². The van der Waals surface area contributed by atoms with E-state index in [4.69, 9.17) is 9.47 Å². The Bertz CT molecular complexity index is 938. The Morgan fingerprint density at radius 3 is 2.52 bits per heavy atom. The lowest BCUT2D eigenvalue weighted by molar-refractivity contribution is -0.116. The molecule has 31 heavy (non-hydrogen) atoms. The summed E-state index contributed by atoms with van der Waals surface area (Å²) >= 11 is 0. The Morgan fingerprint density at radius 2 is 1.84 bits per heavy atom. The predicted octanol–water partition coefficient (Wildman–Crippen LogP) is 2.41. The number of fused-ring (bicyclic) bond motifs is 1. The van der Waals surface area contributed by atoms with Crippen molar-refractivity contribution < 1.29 is 19.1 Å². The van der Waals surface area contributed by atoms with E-state index in [-0.39, 0.29) is 17.9 Å². The van der Waals surface area contributed by atoms with Gasteiger partial charge in [-0.25, -0.2) is 0 Å². The zero-order valence-corrected chi connectivity index (χ0v) is 18.1. The van der Waals surface area contributed by atoms with Crippen molar-refractivity contribution >= 4 is 17.5 Å². The molecule has 0 saturated carbocycles. The maximum Gasteiger partial charge on any atom is 0.251 e. The van der Waals surface area contributed by atoms with Crippen LogP contribution >= 0.6 is 0 Å². The molecule has 4 rings (SSSR count). The van der Waals surface area contributed by atoms with E-state index in [0.717, 1.165) is 42.1 Å². The molecule has 164 valence electrons. The number of methoxy groups -OCH3 is 1. The number of benzene rings is 2. The molecule has 1 fully saturated rings.